The first-order valence-corrected chi connectivity index (χ1v) is 6.23. The number of H-pyrrole nitrogens is 1. The number of aromatic nitrogens is 4. The molecule has 4 aromatic rings. The number of hydrogen-bond acceptors (Lipinski definition) is 3. The number of nitrogens with zero attached hydrogens (tertiary/aromatic N) is 3. The molecule has 0 saturated carbocycles. The maximum Gasteiger partial charge on any atom is 0.331 e. The minimum absolute atomic E-state index is 0.164. The van der Waals surface area contributed by atoms with E-state index >= 15 is 0 Å². The highest BCUT2D eigenvalue weighted by Crippen LogP contribution is 2.21. The van der Waals surface area contributed by atoms with E-state index < -0.39 is 0 Å². The highest BCUT2D eigenvalue weighted by molar-refractivity contribution is 5.89. The molecule has 0 amide bonds. The number of aromatic amines is 1. The minimum Gasteiger partial charge on any atom is -0.305 e. The van der Waals surface area contributed by atoms with E-state index in [0.29, 0.717) is 0 Å². The first kappa shape index (κ1) is 10.9. The van der Waals surface area contributed by atoms with E-state index in [-0.39, 0.29) is 5.69 Å². The lowest BCUT2D eigenvalue weighted by Crippen LogP contribution is -2.14. The number of fused-ring (bicyclic) bond motifs is 2. The second kappa shape index (κ2) is 4.03. The SMILES string of the molecule is O=c1[nH]c2ccccc2n1-c1cccc2ncncc12. The topological polar surface area (TPSA) is 63.6 Å². The molecular weight excluding hydrogens is 252 g/mol. The Hall–Kier alpha value is -2.95. The van der Waals surface area contributed by atoms with E-state index in [2.05, 4.69) is 15.0 Å². The average molecular weight is 262 g/mol. The molecule has 0 bridgehead atoms. The second-order valence-electron chi connectivity index (χ2n) is 4.52. The van der Waals surface area contributed by atoms with Crippen LogP contribution in [-0.4, -0.2) is 19.5 Å². The van der Waals surface area contributed by atoms with Crippen molar-refractivity contribution in [3.8, 4) is 5.69 Å². The Bertz CT molecular complexity index is 978. The van der Waals surface area contributed by atoms with Gasteiger partial charge in [0.2, 0.25) is 0 Å². The first-order chi connectivity index (χ1) is 9.84. The molecule has 20 heavy (non-hydrogen) atoms. The first-order valence-electron chi connectivity index (χ1n) is 6.23. The lowest BCUT2D eigenvalue weighted by atomic mass is 10.2. The Kier molecular flexibility index (Phi) is 2.20. The van der Waals surface area contributed by atoms with Crippen LogP contribution in [0.2, 0.25) is 0 Å². The third kappa shape index (κ3) is 1.46. The Morgan fingerprint density at radius 1 is 1.05 bits per heavy atom. The van der Waals surface area contributed by atoms with Crippen LogP contribution in [0.5, 0.6) is 0 Å². The molecule has 0 aliphatic rings. The van der Waals surface area contributed by atoms with Crippen LogP contribution in [0.3, 0.4) is 0 Å². The summed E-state index contributed by atoms with van der Waals surface area (Å²) in [6.07, 6.45) is 3.23. The summed E-state index contributed by atoms with van der Waals surface area (Å²) in [4.78, 5) is 23.4. The second-order valence-corrected chi connectivity index (χ2v) is 4.52. The van der Waals surface area contributed by atoms with Gasteiger partial charge < -0.3 is 4.98 Å². The summed E-state index contributed by atoms with van der Waals surface area (Å²) in [5, 5.41) is 0.849. The minimum atomic E-state index is -0.164. The lowest BCUT2D eigenvalue weighted by Gasteiger charge is -2.06. The Morgan fingerprint density at radius 3 is 2.90 bits per heavy atom. The molecule has 0 saturated heterocycles. The summed E-state index contributed by atoms with van der Waals surface area (Å²) >= 11 is 0. The molecule has 0 radical (unpaired) electrons. The van der Waals surface area contributed by atoms with Crippen molar-refractivity contribution in [1.82, 2.24) is 19.5 Å². The van der Waals surface area contributed by atoms with Gasteiger partial charge in [0.15, 0.2) is 0 Å². The van der Waals surface area contributed by atoms with Gasteiger partial charge in [-0.25, -0.2) is 14.8 Å². The number of nitrogens with one attached hydrogen (secondary N) is 1. The molecule has 0 unspecified atom stereocenters. The number of imidazole rings is 1. The fraction of sp³-hybridized carbons (Fsp3) is 0. The quantitative estimate of drug-likeness (QED) is 0.572. The highest BCUT2D eigenvalue weighted by atomic mass is 16.1. The normalized spacial score (nSPS) is 11.2. The van der Waals surface area contributed by atoms with Crippen molar-refractivity contribution in [2.24, 2.45) is 0 Å². The van der Waals surface area contributed by atoms with Crippen molar-refractivity contribution in [2.75, 3.05) is 0 Å². The molecule has 2 heterocycles. The molecule has 0 fully saturated rings. The fourth-order valence-corrected chi connectivity index (χ4v) is 2.48. The van der Waals surface area contributed by atoms with Gasteiger partial charge in [-0.3, -0.25) is 4.57 Å². The van der Waals surface area contributed by atoms with Gasteiger partial charge in [0.1, 0.15) is 6.33 Å². The molecule has 96 valence electrons. The summed E-state index contributed by atoms with van der Waals surface area (Å²) in [5.41, 5.74) is 3.09. The van der Waals surface area contributed by atoms with Crippen LogP contribution in [0.4, 0.5) is 0 Å². The van der Waals surface area contributed by atoms with Crippen LogP contribution < -0.4 is 5.69 Å². The van der Waals surface area contributed by atoms with Crippen molar-refractivity contribution < 1.29 is 0 Å². The van der Waals surface area contributed by atoms with Gasteiger partial charge in [0.25, 0.3) is 0 Å². The number of benzene rings is 2. The lowest BCUT2D eigenvalue weighted by molar-refractivity contribution is 1.02. The van der Waals surface area contributed by atoms with Crippen LogP contribution in [0.25, 0.3) is 27.6 Å². The van der Waals surface area contributed by atoms with E-state index in [0.717, 1.165) is 27.6 Å². The number of para-hydroxylation sites is 2. The predicted octanol–water partition coefficient (Wildman–Crippen LogP) is 2.26. The van der Waals surface area contributed by atoms with Gasteiger partial charge >= 0.3 is 5.69 Å². The summed E-state index contributed by atoms with van der Waals surface area (Å²) in [5.74, 6) is 0. The largest absolute Gasteiger partial charge is 0.331 e. The van der Waals surface area contributed by atoms with Gasteiger partial charge in [-0.1, -0.05) is 18.2 Å². The predicted molar refractivity (Wildman–Crippen MR) is 77.0 cm³/mol. The molecule has 2 aromatic heterocycles. The Balaban J connectivity index is 2.17. The van der Waals surface area contributed by atoms with Gasteiger partial charge in [-0.15, -0.1) is 0 Å². The van der Waals surface area contributed by atoms with Crippen LogP contribution in [0.1, 0.15) is 0 Å². The van der Waals surface area contributed by atoms with E-state index in [1.807, 2.05) is 42.5 Å². The Labute approximate surface area is 113 Å². The molecule has 0 spiro atoms. The van der Waals surface area contributed by atoms with E-state index in [1.165, 1.54) is 6.33 Å². The standard InChI is InChI=1S/C15H10N4O/c20-15-18-12-4-1-2-6-14(12)19(15)13-7-3-5-11-10(13)8-16-9-17-11/h1-9H,(H,18,20). The van der Waals surface area contributed by atoms with Gasteiger partial charge in [0.05, 0.1) is 22.2 Å². The zero-order valence-corrected chi connectivity index (χ0v) is 10.4. The average Bonchev–Trinajstić information content (AvgIpc) is 2.82. The maximum atomic E-state index is 12.2. The molecule has 5 nitrogen and oxygen atoms in total. The highest BCUT2D eigenvalue weighted by Gasteiger charge is 2.11. The Morgan fingerprint density at radius 2 is 1.95 bits per heavy atom. The molecule has 0 aliphatic heterocycles. The number of hydrogen-bond donors (Lipinski definition) is 1. The van der Waals surface area contributed by atoms with Crippen LogP contribution in [0.15, 0.2) is 59.8 Å². The van der Waals surface area contributed by atoms with Gasteiger partial charge in [0, 0.05) is 11.6 Å². The number of rotatable bonds is 1. The third-order valence-electron chi connectivity index (χ3n) is 3.36. The summed E-state index contributed by atoms with van der Waals surface area (Å²) in [7, 11) is 0. The molecule has 2 aromatic carbocycles. The molecule has 0 atom stereocenters. The van der Waals surface area contributed by atoms with E-state index in [9.17, 15) is 4.79 Å². The molecule has 1 N–H and O–H groups in total. The zero-order valence-electron chi connectivity index (χ0n) is 10.4. The molecular formula is C15H10N4O. The maximum absolute atomic E-state index is 12.2. The van der Waals surface area contributed by atoms with Gasteiger partial charge in [-0.2, -0.15) is 0 Å². The van der Waals surface area contributed by atoms with Crippen molar-refractivity contribution in [3.05, 3.63) is 65.5 Å². The molecule has 0 aliphatic carbocycles. The smallest absolute Gasteiger partial charge is 0.305 e. The van der Waals surface area contributed by atoms with Gasteiger partial charge in [-0.05, 0) is 24.3 Å². The fourth-order valence-electron chi connectivity index (χ4n) is 2.48. The van der Waals surface area contributed by atoms with E-state index in [4.69, 9.17) is 0 Å². The summed E-state index contributed by atoms with van der Waals surface area (Å²) in [6.45, 7) is 0. The zero-order chi connectivity index (χ0) is 13.5. The van der Waals surface area contributed by atoms with Crippen LogP contribution >= 0.6 is 0 Å². The molecule has 4 rings (SSSR count). The van der Waals surface area contributed by atoms with Crippen molar-refractivity contribution in [3.63, 3.8) is 0 Å². The monoisotopic (exact) mass is 262 g/mol. The van der Waals surface area contributed by atoms with Crippen molar-refractivity contribution in [1.29, 1.82) is 0 Å². The third-order valence-corrected chi connectivity index (χ3v) is 3.36. The van der Waals surface area contributed by atoms with E-state index in [1.54, 1.807) is 10.8 Å². The van der Waals surface area contributed by atoms with Crippen molar-refractivity contribution in [2.45, 2.75) is 0 Å². The van der Waals surface area contributed by atoms with Crippen molar-refractivity contribution >= 4 is 21.9 Å². The summed E-state index contributed by atoms with van der Waals surface area (Å²) in [6, 6.07) is 13.3. The van der Waals surface area contributed by atoms with Crippen LogP contribution in [0, 0.1) is 0 Å². The summed E-state index contributed by atoms with van der Waals surface area (Å²) < 4.78 is 1.65. The molecule has 5 heteroatoms. The van der Waals surface area contributed by atoms with Crippen LogP contribution in [-0.2, 0) is 0 Å².